The van der Waals surface area contributed by atoms with Crippen LogP contribution in [0.2, 0.25) is 0 Å². The van der Waals surface area contributed by atoms with E-state index in [0.717, 1.165) is 16.5 Å². The largest absolute Gasteiger partial charge is 0.333 e. The molecule has 0 saturated carbocycles. The van der Waals surface area contributed by atoms with Crippen LogP contribution in [0.3, 0.4) is 0 Å². The summed E-state index contributed by atoms with van der Waals surface area (Å²) in [5.74, 6) is -5.57. The summed E-state index contributed by atoms with van der Waals surface area (Å²) in [6, 6.07) is 10.7. The van der Waals surface area contributed by atoms with Crippen LogP contribution < -0.4 is 5.32 Å². The van der Waals surface area contributed by atoms with Crippen LogP contribution in [0.25, 0.3) is 0 Å². The first kappa shape index (κ1) is 27.3. The molecule has 3 rings (SSSR count). The lowest BCUT2D eigenvalue weighted by Gasteiger charge is -2.36. The van der Waals surface area contributed by atoms with Gasteiger partial charge in [-0.3, -0.25) is 15.6 Å². The topological polar surface area (TPSA) is 83.3 Å². The van der Waals surface area contributed by atoms with Gasteiger partial charge in [-0.25, -0.2) is 22.0 Å². The highest BCUT2D eigenvalue weighted by atomic mass is 19.3. The Bertz CT molecular complexity index is 1100. The van der Waals surface area contributed by atoms with Gasteiger partial charge >= 0.3 is 0 Å². The average molecular weight is 510 g/mol. The molecule has 1 aliphatic heterocycles. The van der Waals surface area contributed by atoms with Gasteiger partial charge in [0.05, 0.1) is 6.54 Å². The molecular formula is C25H28F5N5O. The molecule has 11 heteroatoms. The van der Waals surface area contributed by atoms with Crippen molar-refractivity contribution in [1.82, 2.24) is 15.1 Å². The third kappa shape index (κ3) is 6.87. The predicted molar refractivity (Wildman–Crippen MR) is 126 cm³/mol. The first-order valence-corrected chi connectivity index (χ1v) is 11.5. The maximum Gasteiger partial charge on any atom is 0.295 e. The number of benzene rings is 2. The fourth-order valence-electron chi connectivity index (χ4n) is 4.12. The van der Waals surface area contributed by atoms with E-state index in [4.69, 9.17) is 10.8 Å². The molecule has 2 atom stereocenters. The number of hydrogen-bond acceptors (Lipinski definition) is 4. The summed E-state index contributed by atoms with van der Waals surface area (Å²) in [7, 11) is 0. The summed E-state index contributed by atoms with van der Waals surface area (Å²) in [4.78, 5) is 15.2. The van der Waals surface area contributed by atoms with E-state index < -0.39 is 35.6 Å². The molecule has 0 spiro atoms. The van der Waals surface area contributed by atoms with Gasteiger partial charge in [0.2, 0.25) is 5.91 Å². The average Bonchev–Trinajstić information content (AvgIpc) is 2.85. The van der Waals surface area contributed by atoms with Crippen LogP contribution in [-0.4, -0.2) is 60.0 Å². The van der Waals surface area contributed by atoms with Gasteiger partial charge in [-0.1, -0.05) is 30.3 Å². The second kappa shape index (κ2) is 12.1. The molecule has 3 N–H and O–H groups in total. The first-order chi connectivity index (χ1) is 17.1. The summed E-state index contributed by atoms with van der Waals surface area (Å²) < 4.78 is 67.2. The highest BCUT2D eigenvalue weighted by molar-refractivity contribution is 6.02. The zero-order chi connectivity index (χ0) is 26.4. The number of nitrogens with zero attached hydrogens (tertiary/aromatic N) is 2. The lowest BCUT2D eigenvalue weighted by atomic mass is 9.94. The number of nitrogens with one attached hydrogen (secondary N) is 3. The number of hydrogen-bond donors (Lipinski definition) is 3. The molecule has 1 unspecified atom stereocenters. The molecule has 0 bridgehead atoms. The normalized spacial score (nSPS) is 15.8. The van der Waals surface area contributed by atoms with Gasteiger partial charge < -0.3 is 15.1 Å². The summed E-state index contributed by atoms with van der Waals surface area (Å²) >= 11 is 0. The second-order valence-corrected chi connectivity index (χ2v) is 8.77. The Balaban J connectivity index is 1.71. The molecule has 0 radical (unpaired) electrons. The third-order valence-corrected chi connectivity index (χ3v) is 6.18. The molecule has 2 aromatic rings. The number of piperazine rings is 1. The van der Waals surface area contributed by atoms with E-state index in [9.17, 15) is 26.7 Å². The zero-order valence-corrected chi connectivity index (χ0v) is 19.7. The monoisotopic (exact) mass is 509 g/mol. The minimum Gasteiger partial charge on any atom is -0.333 e. The van der Waals surface area contributed by atoms with E-state index in [1.54, 1.807) is 0 Å². The van der Waals surface area contributed by atoms with Crippen LogP contribution in [0, 0.1) is 34.2 Å². The number of amidine groups is 2. The molecule has 36 heavy (non-hydrogen) atoms. The maximum atomic E-state index is 14.3. The molecule has 6 nitrogen and oxygen atoms in total. The van der Waals surface area contributed by atoms with Gasteiger partial charge in [-0.05, 0) is 43.0 Å². The summed E-state index contributed by atoms with van der Waals surface area (Å²) in [6.07, 6.45) is -3.16. The van der Waals surface area contributed by atoms with E-state index in [0.29, 0.717) is 6.07 Å². The summed E-state index contributed by atoms with van der Waals surface area (Å²) in [5.41, 5.74) is 0.927. The van der Waals surface area contributed by atoms with Crippen LogP contribution in [0.5, 0.6) is 0 Å². The van der Waals surface area contributed by atoms with Crippen molar-refractivity contribution < 1.29 is 26.7 Å². The number of carbonyl (C=O) groups excluding carboxylic acids is 1. The molecule has 1 heterocycles. The Morgan fingerprint density at radius 3 is 2.36 bits per heavy atom. The zero-order valence-electron chi connectivity index (χ0n) is 19.7. The van der Waals surface area contributed by atoms with Gasteiger partial charge in [0.1, 0.15) is 11.7 Å². The highest BCUT2D eigenvalue weighted by Crippen LogP contribution is 2.21. The number of amides is 1. The Hall–Kier alpha value is -3.34. The summed E-state index contributed by atoms with van der Waals surface area (Å²) in [6.45, 7) is 1.86. The molecular weight excluding hydrogens is 481 g/mol. The SMILES string of the molecule is C[C@@H](NCC(CC(=O)N1CCN(C(=N)C(F)F)C(=N)C1)Cc1cc(F)c(F)cc1F)c1ccccc1. The molecule has 1 saturated heterocycles. The maximum absolute atomic E-state index is 14.3. The van der Waals surface area contributed by atoms with Gasteiger partial charge in [0.25, 0.3) is 6.43 Å². The number of rotatable bonds is 9. The Labute approximate surface area is 206 Å². The van der Waals surface area contributed by atoms with Crippen molar-refractivity contribution >= 4 is 17.6 Å². The van der Waals surface area contributed by atoms with Crippen molar-refractivity contribution in [2.45, 2.75) is 32.2 Å². The Morgan fingerprint density at radius 2 is 1.72 bits per heavy atom. The lowest BCUT2D eigenvalue weighted by molar-refractivity contribution is -0.132. The smallest absolute Gasteiger partial charge is 0.295 e. The minimum atomic E-state index is -3.03. The molecule has 1 aliphatic rings. The van der Waals surface area contributed by atoms with E-state index >= 15 is 0 Å². The van der Waals surface area contributed by atoms with Crippen LogP contribution in [0.15, 0.2) is 42.5 Å². The summed E-state index contributed by atoms with van der Waals surface area (Å²) in [5, 5.41) is 18.7. The van der Waals surface area contributed by atoms with Crippen molar-refractivity contribution in [2.24, 2.45) is 5.92 Å². The van der Waals surface area contributed by atoms with Crippen LogP contribution in [0.1, 0.15) is 30.5 Å². The quantitative estimate of drug-likeness (QED) is 0.203. The van der Waals surface area contributed by atoms with Crippen molar-refractivity contribution in [1.29, 1.82) is 10.8 Å². The molecule has 1 amide bonds. The van der Waals surface area contributed by atoms with Crippen LogP contribution in [-0.2, 0) is 11.2 Å². The van der Waals surface area contributed by atoms with Crippen LogP contribution >= 0.6 is 0 Å². The first-order valence-electron chi connectivity index (χ1n) is 11.5. The minimum absolute atomic E-state index is 0.0381. The highest BCUT2D eigenvalue weighted by Gasteiger charge is 2.31. The number of carbonyl (C=O) groups is 1. The van der Waals surface area contributed by atoms with Crippen molar-refractivity contribution in [2.75, 3.05) is 26.2 Å². The van der Waals surface area contributed by atoms with Crippen molar-refractivity contribution in [3.8, 4) is 0 Å². The molecule has 2 aromatic carbocycles. The van der Waals surface area contributed by atoms with E-state index in [2.05, 4.69) is 5.32 Å². The van der Waals surface area contributed by atoms with Crippen molar-refractivity contribution in [3.05, 3.63) is 71.0 Å². The lowest BCUT2D eigenvalue weighted by Crippen LogP contribution is -2.55. The fourth-order valence-corrected chi connectivity index (χ4v) is 4.12. The second-order valence-electron chi connectivity index (χ2n) is 8.77. The number of halogens is 5. The predicted octanol–water partition coefficient (Wildman–Crippen LogP) is 4.37. The Morgan fingerprint density at radius 1 is 1.06 bits per heavy atom. The van der Waals surface area contributed by atoms with Gasteiger partial charge in [-0.2, -0.15) is 0 Å². The molecule has 1 fully saturated rings. The fraction of sp³-hybridized carbons (Fsp3) is 0.400. The van der Waals surface area contributed by atoms with Crippen molar-refractivity contribution in [3.63, 3.8) is 0 Å². The molecule has 194 valence electrons. The Kier molecular flexibility index (Phi) is 9.14. The van der Waals surface area contributed by atoms with Gasteiger partial charge in [-0.15, -0.1) is 0 Å². The van der Waals surface area contributed by atoms with Crippen LogP contribution in [0.4, 0.5) is 22.0 Å². The third-order valence-electron chi connectivity index (χ3n) is 6.18. The van der Waals surface area contributed by atoms with Gasteiger partial charge in [0, 0.05) is 31.6 Å². The van der Waals surface area contributed by atoms with E-state index in [1.165, 1.54) is 4.90 Å². The molecule has 0 aromatic heterocycles. The van der Waals surface area contributed by atoms with E-state index in [-0.39, 0.29) is 62.4 Å². The molecule has 0 aliphatic carbocycles. The standard InChI is InChI=1S/C25H28F5N5O/c1-15(17-5-3-2-4-6-17)33-13-16(9-18-11-20(27)21(28)12-19(18)26)10-23(36)34-7-8-35(22(31)14-34)25(32)24(29)30/h2-6,11-12,15-16,24,31-33H,7-10,13-14H2,1H3/t15-,16?/m1/s1. The van der Waals surface area contributed by atoms with Gasteiger partial charge in [0.15, 0.2) is 17.5 Å². The van der Waals surface area contributed by atoms with E-state index in [1.807, 2.05) is 37.3 Å². The number of alkyl halides is 2.